The number of amides is 1. The zero-order valence-corrected chi connectivity index (χ0v) is 20.1. The van der Waals surface area contributed by atoms with Crippen LogP contribution in [0.4, 0.5) is 16.0 Å². The number of rotatable bonds is 7. The Morgan fingerprint density at radius 1 is 1.30 bits per heavy atom. The number of aliphatic hydroxyl groups is 1. The highest BCUT2D eigenvalue weighted by Crippen LogP contribution is 2.46. The van der Waals surface area contributed by atoms with Gasteiger partial charge in [-0.2, -0.15) is 15.5 Å². The molecule has 1 saturated carbocycles. The van der Waals surface area contributed by atoms with Crippen LogP contribution in [0.25, 0.3) is 5.82 Å². The SMILES string of the molecule is Cc1cc(Nc2ccc(C#N)c([C@]3(O)C[C@H](C(=O)N[C@@H](C)c4ccc(-n5cc(F)cn5)nc4)C3)n2)n[nH]1. The Balaban J connectivity index is 1.23. The lowest BCUT2D eigenvalue weighted by Crippen LogP contribution is -2.49. The van der Waals surface area contributed by atoms with Gasteiger partial charge in [-0.3, -0.25) is 9.89 Å². The molecule has 0 saturated heterocycles. The van der Waals surface area contributed by atoms with Crippen LogP contribution in [-0.2, 0) is 10.4 Å². The molecule has 4 heterocycles. The van der Waals surface area contributed by atoms with Gasteiger partial charge < -0.3 is 15.7 Å². The minimum absolute atomic E-state index is 0.139. The lowest BCUT2D eigenvalue weighted by molar-refractivity contribution is -0.144. The summed E-state index contributed by atoms with van der Waals surface area (Å²) in [5.41, 5.74) is 0.732. The van der Waals surface area contributed by atoms with Crippen LogP contribution in [0, 0.1) is 30.0 Å². The zero-order valence-electron chi connectivity index (χ0n) is 20.1. The van der Waals surface area contributed by atoms with E-state index in [1.165, 1.54) is 10.9 Å². The normalized spacial score (nSPS) is 19.5. The summed E-state index contributed by atoms with van der Waals surface area (Å²) in [7, 11) is 0. The van der Waals surface area contributed by atoms with Crippen LogP contribution in [0.2, 0.25) is 0 Å². The fourth-order valence-electron chi connectivity index (χ4n) is 4.35. The Labute approximate surface area is 211 Å². The molecule has 5 rings (SSSR count). The van der Waals surface area contributed by atoms with Gasteiger partial charge in [-0.1, -0.05) is 6.07 Å². The highest BCUT2D eigenvalue weighted by Gasteiger charge is 2.49. The number of aromatic amines is 1. The van der Waals surface area contributed by atoms with Crippen LogP contribution >= 0.6 is 0 Å². The molecular weight excluding hydrogens is 477 g/mol. The lowest BCUT2D eigenvalue weighted by Gasteiger charge is -2.42. The zero-order chi connectivity index (χ0) is 26.2. The van der Waals surface area contributed by atoms with Crippen molar-refractivity contribution in [3.8, 4) is 11.9 Å². The quantitative estimate of drug-likeness (QED) is 0.301. The van der Waals surface area contributed by atoms with Crippen molar-refractivity contribution in [1.29, 1.82) is 5.26 Å². The maximum absolute atomic E-state index is 13.2. The number of carbonyl (C=O) groups is 1. The van der Waals surface area contributed by atoms with Gasteiger partial charge in [0.25, 0.3) is 0 Å². The van der Waals surface area contributed by atoms with Crippen molar-refractivity contribution in [2.24, 2.45) is 5.92 Å². The van der Waals surface area contributed by atoms with Crippen molar-refractivity contribution in [2.45, 2.75) is 38.3 Å². The molecular formula is C25H24FN9O2. The molecule has 1 amide bonds. The maximum Gasteiger partial charge on any atom is 0.223 e. The van der Waals surface area contributed by atoms with Crippen molar-refractivity contribution < 1.29 is 14.3 Å². The van der Waals surface area contributed by atoms with Crippen LogP contribution in [-0.4, -0.2) is 41.0 Å². The van der Waals surface area contributed by atoms with E-state index >= 15 is 0 Å². The van der Waals surface area contributed by atoms with Gasteiger partial charge in [0, 0.05) is 23.9 Å². The first-order valence-electron chi connectivity index (χ1n) is 11.6. The molecule has 11 nitrogen and oxygen atoms in total. The number of H-pyrrole nitrogens is 1. The van der Waals surface area contributed by atoms with Crippen LogP contribution in [0.5, 0.6) is 0 Å². The van der Waals surface area contributed by atoms with E-state index in [9.17, 15) is 19.6 Å². The average Bonchev–Trinajstić information content (AvgIpc) is 3.49. The van der Waals surface area contributed by atoms with Crippen LogP contribution in [0.1, 0.15) is 48.3 Å². The van der Waals surface area contributed by atoms with Gasteiger partial charge in [-0.15, -0.1) is 0 Å². The number of nitriles is 1. The second-order valence-corrected chi connectivity index (χ2v) is 9.19. The molecule has 1 aliphatic carbocycles. The number of aryl methyl sites for hydroxylation is 1. The third-order valence-corrected chi connectivity index (χ3v) is 6.37. The topological polar surface area (TPSA) is 157 Å². The highest BCUT2D eigenvalue weighted by atomic mass is 19.1. The van der Waals surface area contributed by atoms with E-state index in [0.29, 0.717) is 17.5 Å². The highest BCUT2D eigenvalue weighted by molar-refractivity contribution is 5.80. The van der Waals surface area contributed by atoms with E-state index in [2.05, 4.69) is 42.0 Å². The molecule has 0 radical (unpaired) electrons. The van der Waals surface area contributed by atoms with Crippen LogP contribution < -0.4 is 10.6 Å². The fraction of sp³-hybridized carbons (Fsp3) is 0.280. The number of nitrogens with zero attached hydrogens (tertiary/aromatic N) is 6. The Morgan fingerprint density at radius 3 is 2.73 bits per heavy atom. The Kier molecular flexibility index (Phi) is 6.14. The van der Waals surface area contributed by atoms with E-state index in [-0.39, 0.29) is 36.0 Å². The predicted molar refractivity (Wildman–Crippen MR) is 130 cm³/mol. The smallest absolute Gasteiger partial charge is 0.223 e. The summed E-state index contributed by atoms with van der Waals surface area (Å²) in [6, 6.07) is 10.2. The number of pyridine rings is 2. The first kappa shape index (κ1) is 24.1. The predicted octanol–water partition coefficient (Wildman–Crippen LogP) is 2.92. The molecule has 37 heavy (non-hydrogen) atoms. The van der Waals surface area contributed by atoms with Crippen molar-refractivity contribution in [1.82, 2.24) is 35.3 Å². The molecule has 12 heteroatoms. The lowest BCUT2D eigenvalue weighted by atomic mass is 9.67. The largest absolute Gasteiger partial charge is 0.383 e. The van der Waals surface area contributed by atoms with Gasteiger partial charge in [0.15, 0.2) is 17.5 Å². The minimum Gasteiger partial charge on any atom is -0.383 e. The molecule has 0 spiro atoms. The molecule has 1 atom stereocenters. The van der Waals surface area contributed by atoms with Gasteiger partial charge in [0.1, 0.15) is 17.5 Å². The molecule has 0 bridgehead atoms. The van der Waals surface area contributed by atoms with Crippen LogP contribution in [0.3, 0.4) is 0 Å². The summed E-state index contributed by atoms with van der Waals surface area (Å²) in [5.74, 6) is 0.340. The first-order chi connectivity index (χ1) is 17.7. The number of anilines is 2. The number of nitrogens with one attached hydrogen (secondary N) is 3. The Hall–Kier alpha value is -4.63. The molecule has 4 aromatic heterocycles. The third kappa shape index (κ3) is 4.89. The first-order valence-corrected chi connectivity index (χ1v) is 11.6. The second kappa shape index (κ2) is 9.44. The van der Waals surface area contributed by atoms with Crippen molar-refractivity contribution in [3.05, 3.63) is 77.3 Å². The van der Waals surface area contributed by atoms with Crippen LogP contribution in [0.15, 0.2) is 48.9 Å². The van der Waals surface area contributed by atoms with Crippen molar-refractivity contribution in [3.63, 3.8) is 0 Å². The fourth-order valence-corrected chi connectivity index (χ4v) is 4.35. The summed E-state index contributed by atoms with van der Waals surface area (Å²) in [6.07, 6.45) is 4.20. The van der Waals surface area contributed by atoms with Gasteiger partial charge in [0.05, 0.1) is 29.7 Å². The number of hydrogen-bond acceptors (Lipinski definition) is 8. The van der Waals surface area contributed by atoms with Crippen molar-refractivity contribution in [2.75, 3.05) is 5.32 Å². The second-order valence-electron chi connectivity index (χ2n) is 9.19. The molecule has 0 unspecified atom stereocenters. The summed E-state index contributed by atoms with van der Waals surface area (Å²) in [4.78, 5) is 21.6. The standard InChI is InChI=1S/C25H24FN9O2/c1-14-7-21(34-33-14)31-20-5-3-16(10-27)23(32-20)25(37)8-18(9-25)24(36)30-15(2)17-4-6-22(28-11-17)35-13-19(26)12-29-35/h3-7,11-13,15,18,37H,8-9H2,1-2H3,(H,30,36)(H2,31,32,33,34)/t15-,18-,25-/m0/s1. The number of halogens is 1. The average molecular weight is 502 g/mol. The maximum atomic E-state index is 13.2. The summed E-state index contributed by atoms with van der Waals surface area (Å²) in [6.45, 7) is 3.70. The molecule has 0 aromatic carbocycles. The van der Waals surface area contributed by atoms with Crippen molar-refractivity contribution >= 4 is 17.5 Å². The Bertz CT molecular complexity index is 1480. The number of carbonyl (C=O) groups excluding carboxylic acids is 1. The summed E-state index contributed by atoms with van der Waals surface area (Å²) >= 11 is 0. The summed E-state index contributed by atoms with van der Waals surface area (Å²) < 4.78 is 14.5. The molecule has 0 aliphatic heterocycles. The Morgan fingerprint density at radius 2 is 2.11 bits per heavy atom. The molecule has 1 aliphatic rings. The van der Waals surface area contributed by atoms with Gasteiger partial charge in [-0.25, -0.2) is 19.0 Å². The minimum atomic E-state index is -1.39. The van der Waals surface area contributed by atoms with E-state index < -0.39 is 17.3 Å². The van der Waals surface area contributed by atoms with E-state index in [1.807, 2.05) is 13.8 Å². The van der Waals surface area contributed by atoms with Gasteiger partial charge >= 0.3 is 0 Å². The molecule has 1 fully saturated rings. The van der Waals surface area contributed by atoms with Gasteiger partial charge in [-0.05, 0) is 50.5 Å². The van der Waals surface area contributed by atoms with E-state index in [0.717, 1.165) is 17.5 Å². The monoisotopic (exact) mass is 501 g/mol. The number of hydrogen-bond donors (Lipinski definition) is 4. The van der Waals surface area contributed by atoms with E-state index in [1.54, 1.807) is 36.5 Å². The van der Waals surface area contributed by atoms with E-state index in [4.69, 9.17) is 0 Å². The molecule has 188 valence electrons. The molecule has 4 aromatic rings. The van der Waals surface area contributed by atoms with Gasteiger partial charge in [0.2, 0.25) is 5.91 Å². The third-order valence-electron chi connectivity index (χ3n) is 6.37. The molecule has 4 N–H and O–H groups in total. The number of aromatic nitrogens is 6. The summed E-state index contributed by atoms with van der Waals surface area (Å²) in [5, 5.41) is 37.6.